The van der Waals surface area contributed by atoms with E-state index in [2.05, 4.69) is 111 Å². The van der Waals surface area contributed by atoms with Gasteiger partial charge in [-0.2, -0.15) is 0 Å². The topological polar surface area (TPSA) is 0 Å². The van der Waals surface area contributed by atoms with Crippen molar-refractivity contribution in [2.75, 3.05) is 0 Å². The summed E-state index contributed by atoms with van der Waals surface area (Å²) in [5.41, 5.74) is 8.95. The molecule has 0 heteroatoms. The monoisotopic (exact) mass is 464 g/mol. The Kier molecular flexibility index (Phi) is 5.10. The average Bonchev–Trinajstić information content (AvgIpc) is 3.27. The van der Waals surface area contributed by atoms with Crippen molar-refractivity contribution in [1.29, 1.82) is 0 Å². The van der Waals surface area contributed by atoms with Gasteiger partial charge in [-0.15, -0.1) is 0 Å². The molecule has 0 spiro atoms. The molecule has 7 rings (SSSR count). The summed E-state index contributed by atoms with van der Waals surface area (Å²) in [7, 11) is 0. The van der Waals surface area contributed by atoms with Crippen molar-refractivity contribution in [2.24, 2.45) is 5.92 Å². The van der Waals surface area contributed by atoms with E-state index < -0.39 is 0 Å². The van der Waals surface area contributed by atoms with Crippen LogP contribution in [0.3, 0.4) is 0 Å². The maximum atomic E-state index is 2.53. The minimum atomic E-state index is 0.412. The molecule has 0 N–H and O–H groups in total. The van der Waals surface area contributed by atoms with E-state index >= 15 is 0 Å². The molecule has 0 fully saturated rings. The fourth-order valence-corrected chi connectivity index (χ4v) is 7.13. The van der Waals surface area contributed by atoms with Gasteiger partial charge in [0.1, 0.15) is 0 Å². The van der Waals surface area contributed by atoms with Crippen molar-refractivity contribution in [3.05, 3.63) is 119 Å². The molecule has 2 aliphatic carbocycles. The molecule has 2 atom stereocenters. The van der Waals surface area contributed by atoms with Gasteiger partial charge < -0.3 is 0 Å². The van der Waals surface area contributed by atoms with Crippen molar-refractivity contribution in [3.63, 3.8) is 0 Å². The van der Waals surface area contributed by atoms with Crippen LogP contribution in [0.4, 0.5) is 0 Å². The Morgan fingerprint density at radius 1 is 0.694 bits per heavy atom. The third-order valence-corrected chi connectivity index (χ3v) is 8.64. The molecule has 5 aromatic rings. The van der Waals surface area contributed by atoms with Gasteiger partial charge in [-0.3, -0.25) is 0 Å². The molecule has 0 bridgehead atoms. The molecule has 0 saturated carbocycles. The summed E-state index contributed by atoms with van der Waals surface area (Å²) >= 11 is 0. The number of hydrogen-bond acceptors (Lipinski definition) is 0. The van der Waals surface area contributed by atoms with Crippen molar-refractivity contribution in [3.8, 4) is 0 Å². The van der Waals surface area contributed by atoms with Crippen LogP contribution in [0.2, 0.25) is 0 Å². The summed E-state index contributed by atoms with van der Waals surface area (Å²) in [6, 6.07) is 34.1. The molecule has 0 radical (unpaired) electrons. The summed E-state index contributed by atoms with van der Waals surface area (Å²) in [5, 5.41) is 8.41. The number of hydrogen-bond donors (Lipinski definition) is 0. The van der Waals surface area contributed by atoms with Gasteiger partial charge in [0, 0.05) is 5.92 Å². The van der Waals surface area contributed by atoms with Crippen LogP contribution in [0.5, 0.6) is 0 Å². The zero-order chi connectivity index (χ0) is 24.2. The molecule has 0 amide bonds. The van der Waals surface area contributed by atoms with E-state index in [1.807, 2.05) is 0 Å². The second kappa shape index (κ2) is 8.49. The minimum Gasteiger partial charge on any atom is -0.0654 e. The lowest BCUT2D eigenvalue weighted by Crippen LogP contribution is -2.18. The number of benzene rings is 5. The normalized spacial score (nSPS) is 18.8. The Morgan fingerprint density at radius 2 is 1.39 bits per heavy atom. The molecule has 0 aromatic heterocycles. The lowest BCUT2D eigenvalue weighted by molar-refractivity contribution is 0.520. The standard InChI is InChI=1S/C36H32/c1-3-4-6-19-29-30(24-13-7-5-8-14-24)20-23(2)33-34(29)32-22-25-15-9-11-17-27(25)31-21-26-16-10-12-18-28(26)36(33)35(31)32/h5,7-18,20-22,29,34H,3-4,6,19H2,1-2H3. The SMILES string of the molecule is CCCCCC1C(c2ccccc2)=CC(C)=C2c3c4ccccc4cc4c3c(cc3ccccc34)C21. The fraction of sp³-hybridized carbons (Fsp3) is 0.222. The molecule has 0 heterocycles. The van der Waals surface area contributed by atoms with Crippen LogP contribution in [0.15, 0.2) is 103 Å². The summed E-state index contributed by atoms with van der Waals surface area (Å²) in [5.74, 6) is 0.906. The lowest BCUT2D eigenvalue weighted by atomic mass is 9.69. The molecule has 5 aromatic carbocycles. The maximum Gasteiger partial charge on any atom is 0.0174 e. The quantitative estimate of drug-likeness (QED) is 0.138. The molecule has 176 valence electrons. The number of unbranched alkanes of at least 4 members (excludes halogenated alkanes) is 2. The molecule has 0 nitrogen and oxygen atoms in total. The minimum absolute atomic E-state index is 0.412. The molecule has 2 aliphatic rings. The van der Waals surface area contributed by atoms with E-state index in [0.29, 0.717) is 11.8 Å². The van der Waals surface area contributed by atoms with Crippen molar-refractivity contribution in [2.45, 2.75) is 45.4 Å². The van der Waals surface area contributed by atoms with E-state index in [1.54, 1.807) is 11.1 Å². The highest BCUT2D eigenvalue weighted by Crippen LogP contribution is 2.59. The Bertz CT molecular complexity index is 1700. The number of fused-ring (bicyclic) bond motifs is 7. The highest BCUT2D eigenvalue weighted by Gasteiger charge is 2.41. The van der Waals surface area contributed by atoms with Gasteiger partial charge in [-0.25, -0.2) is 0 Å². The van der Waals surface area contributed by atoms with Crippen LogP contribution in [-0.2, 0) is 0 Å². The van der Waals surface area contributed by atoms with Crippen LogP contribution in [0.25, 0.3) is 43.5 Å². The molecule has 0 saturated heterocycles. The molecule has 36 heavy (non-hydrogen) atoms. The Balaban J connectivity index is 1.58. The Morgan fingerprint density at radius 3 is 2.17 bits per heavy atom. The third-order valence-electron chi connectivity index (χ3n) is 8.64. The third kappa shape index (κ3) is 3.14. The van der Waals surface area contributed by atoms with Crippen LogP contribution in [0, 0.1) is 5.92 Å². The first-order valence-electron chi connectivity index (χ1n) is 13.6. The van der Waals surface area contributed by atoms with Crippen LogP contribution in [-0.4, -0.2) is 0 Å². The predicted molar refractivity (Wildman–Crippen MR) is 156 cm³/mol. The molecular formula is C36H32. The molecule has 0 aliphatic heterocycles. The van der Waals surface area contributed by atoms with E-state index in [9.17, 15) is 0 Å². The van der Waals surface area contributed by atoms with Crippen LogP contribution < -0.4 is 0 Å². The summed E-state index contributed by atoms with van der Waals surface area (Å²) in [6.45, 7) is 4.67. The summed E-state index contributed by atoms with van der Waals surface area (Å²) in [4.78, 5) is 0. The van der Waals surface area contributed by atoms with Gasteiger partial charge in [0.2, 0.25) is 0 Å². The van der Waals surface area contributed by atoms with E-state index in [0.717, 1.165) is 0 Å². The average molecular weight is 465 g/mol. The first-order chi connectivity index (χ1) is 17.8. The lowest BCUT2D eigenvalue weighted by Gasteiger charge is -2.34. The van der Waals surface area contributed by atoms with Gasteiger partial charge in [0.25, 0.3) is 0 Å². The highest BCUT2D eigenvalue weighted by atomic mass is 14.4. The van der Waals surface area contributed by atoms with Crippen LogP contribution >= 0.6 is 0 Å². The van der Waals surface area contributed by atoms with Gasteiger partial charge in [-0.05, 0) is 97.1 Å². The summed E-state index contributed by atoms with van der Waals surface area (Å²) in [6.07, 6.45) is 7.59. The second-order valence-electron chi connectivity index (χ2n) is 10.7. The summed E-state index contributed by atoms with van der Waals surface area (Å²) < 4.78 is 0. The fourth-order valence-electron chi connectivity index (χ4n) is 7.13. The predicted octanol–water partition coefficient (Wildman–Crippen LogP) is 10.3. The number of rotatable bonds is 5. The van der Waals surface area contributed by atoms with Gasteiger partial charge >= 0.3 is 0 Å². The van der Waals surface area contributed by atoms with Gasteiger partial charge in [-0.1, -0.05) is 111 Å². The molecule has 2 unspecified atom stereocenters. The van der Waals surface area contributed by atoms with E-state index in [4.69, 9.17) is 0 Å². The maximum absolute atomic E-state index is 2.53. The highest BCUT2D eigenvalue weighted by molar-refractivity contribution is 6.22. The molecular weight excluding hydrogens is 432 g/mol. The van der Waals surface area contributed by atoms with Crippen molar-refractivity contribution in [1.82, 2.24) is 0 Å². The smallest absolute Gasteiger partial charge is 0.0174 e. The zero-order valence-electron chi connectivity index (χ0n) is 21.2. The number of allylic oxidation sites excluding steroid dienone is 4. The largest absolute Gasteiger partial charge is 0.0654 e. The first kappa shape index (κ1) is 21.6. The second-order valence-corrected chi connectivity index (χ2v) is 10.7. The van der Waals surface area contributed by atoms with Crippen molar-refractivity contribution >= 4 is 43.5 Å². The van der Waals surface area contributed by atoms with Crippen molar-refractivity contribution < 1.29 is 0 Å². The van der Waals surface area contributed by atoms with Gasteiger partial charge in [0.15, 0.2) is 0 Å². The Hall–Kier alpha value is -3.64. The van der Waals surface area contributed by atoms with Crippen LogP contribution in [0.1, 0.15) is 62.1 Å². The van der Waals surface area contributed by atoms with E-state index in [1.165, 1.54) is 80.3 Å². The first-order valence-corrected chi connectivity index (χ1v) is 13.6. The van der Waals surface area contributed by atoms with Gasteiger partial charge in [0.05, 0.1) is 0 Å². The Labute approximate surface area is 214 Å². The zero-order valence-corrected chi connectivity index (χ0v) is 21.2. The van der Waals surface area contributed by atoms with E-state index in [-0.39, 0.29) is 0 Å².